The van der Waals surface area contributed by atoms with Crippen molar-refractivity contribution in [3.05, 3.63) is 0 Å². The standard InChI is InChI=1S/C11H20N4O4/c1-14(7-9(16)13-11(18)19-2)8-10(17)15-5-3-12-4-6-15/h12H,3-8H2,1-2H3,(H,13,16,18). The zero-order valence-electron chi connectivity index (χ0n) is 11.3. The van der Waals surface area contributed by atoms with Gasteiger partial charge in [-0.05, 0) is 7.05 Å². The van der Waals surface area contributed by atoms with Crippen LogP contribution in [0.25, 0.3) is 0 Å². The van der Waals surface area contributed by atoms with Crippen LogP contribution in [0, 0.1) is 0 Å². The molecule has 1 saturated heterocycles. The second-order valence-electron chi connectivity index (χ2n) is 4.34. The highest BCUT2D eigenvalue weighted by Crippen LogP contribution is 1.95. The molecule has 0 aromatic rings. The van der Waals surface area contributed by atoms with Crippen molar-refractivity contribution < 1.29 is 19.1 Å². The SMILES string of the molecule is COC(=O)NC(=O)CN(C)CC(=O)N1CCNCC1. The Hall–Kier alpha value is -1.67. The number of imide groups is 1. The second kappa shape index (κ2) is 7.70. The molecule has 0 atom stereocenters. The van der Waals surface area contributed by atoms with Crippen molar-refractivity contribution in [3.8, 4) is 0 Å². The largest absolute Gasteiger partial charge is 0.453 e. The number of likely N-dealkylation sites (N-methyl/N-ethyl adjacent to an activating group) is 1. The summed E-state index contributed by atoms with van der Waals surface area (Å²) in [6.07, 6.45) is -0.799. The van der Waals surface area contributed by atoms with Crippen molar-refractivity contribution in [2.45, 2.75) is 0 Å². The molecule has 0 aliphatic carbocycles. The van der Waals surface area contributed by atoms with E-state index in [1.54, 1.807) is 16.8 Å². The molecule has 8 nitrogen and oxygen atoms in total. The second-order valence-corrected chi connectivity index (χ2v) is 4.34. The molecule has 0 radical (unpaired) electrons. The van der Waals surface area contributed by atoms with Crippen molar-refractivity contribution in [2.24, 2.45) is 0 Å². The Bertz CT molecular complexity index is 342. The maximum Gasteiger partial charge on any atom is 0.413 e. The van der Waals surface area contributed by atoms with Crippen LogP contribution in [0.4, 0.5) is 4.79 Å². The van der Waals surface area contributed by atoms with Gasteiger partial charge in [-0.25, -0.2) is 4.79 Å². The summed E-state index contributed by atoms with van der Waals surface area (Å²) in [5, 5.41) is 5.20. The molecule has 1 heterocycles. The van der Waals surface area contributed by atoms with E-state index in [1.165, 1.54) is 7.11 Å². The maximum atomic E-state index is 11.9. The van der Waals surface area contributed by atoms with Crippen LogP contribution >= 0.6 is 0 Å². The van der Waals surface area contributed by atoms with Gasteiger partial charge in [0.2, 0.25) is 11.8 Å². The molecule has 2 N–H and O–H groups in total. The molecule has 0 spiro atoms. The zero-order chi connectivity index (χ0) is 14.3. The summed E-state index contributed by atoms with van der Waals surface area (Å²) in [6.45, 7) is 3.06. The number of carbonyl (C=O) groups excluding carboxylic acids is 3. The molecule has 0 aromatic carbocycles. The van der Waals surface area contributed by atoms with Gasteiger partial charge in [-0.3, -0.25) is 19.8 Å². The first kappa shape index (κ1) is 15.4. The fraction of sp³-hybridized carbons (Fsp3) is 0.727. The Kier molecular flexibility index (Phi) is 6.23. The van der Waals surface area contributed by atoms with Gasteiger partial charge in [-0.2, -0.15) is 0 Å². The van der Waals surface area contributed by atoms with E-state index in [2.05, 4.69) is 10.1 Å². The van der Waals surface area contributed by atoms with E-state index in [4.69, 9.17) is 0 Å². The van der Waals surface area contributed by atoms with Gasteiger partial charge in [-0.1, -0.05) is 0 Å². The van der Waals surface area contributed by atoms with Gasteiger partial charge < -0.3 is 15.0 Å². The number of hydrogen-bond donors (Lipinski definition) is 2. The molecule has 108 valence electrons. The van der Waals surface area contributed by atoms with Crippen LogP contribution in [-0.4, -0.2) is 81.1 Å². The molecule has 8 heteroatoms. The molecule has 19 heavy (non-hydrogen) atoms. The Morgan fingerprint density at radius 2 is 1.89 bits per heavy atom. The van der Waals surface area contributed by atoms with Crippen LogP contribution in [0.15, 0.2) is 0 Å². The number of hydrogen-bond acceptors (Lipinski definition) is 6. The Morgan fingerprint density at radius 3 is 2.47 bits per heavy atom. The lowest BCUT2D eigenvalue weighted by Gasteiger charge is -2.29. The number of rotatable bonds is 4. The molecular formula is C11H20N4O4. The molecule has 1 aliphatic rings. The lowest BCUT2D eigenvalue weighted by Crippen LogP contribution is -2.50. The maximum absolute atomic E-state index is 11.9. The van der Waals surface area contributed by atoms with E-state index in [0.717, 1.165) is 13.1 Å². The number of carbonyl (C=O) groups is 3. The van der Waals surface area contributed by atoms with Gasteiger partial charge in [0, 0.05) is 26.2 Å². The summed E-state index contributed by atoms with van der Waals surface area (Å²) in [4.78, 5) is 37.4. The number of nitrogens with one attached hydrogen (secondary N) is 2. The molecule has 1 rings (SSSR count). The van der Waals surface area contributed by atoms with Crippen molar-refractivity contribution in [2.75, 3.05) is 53.4 Å². The summed E-state index contributed by atoms with van der Waals surface area (Å²) >= 11 is 0. The first-order chi connectivity index (χ1) is 9.02. The van der Waals surface area contributed by atoms with Crippen LogP contribution in [0.2, 0.25) is 0 Å². The van der Waals surface area contributed by atoms with E-state index in [1.807, 2.05) is 5.32 Å². The van der Waals surface area contributed by atoms with Crippen molar-refractivity contribution in [1.82, 2.24) is 20.4 Å². The third-order valence-electron chi connectivity index (χ3n) is 2.72. The minimum atomic E-state index is -0.799. The molecule has 0 bridgehead atoms. The third kappa shape index (κ3) is 5.66. The minimum absolute atomic E-state index is 0.0186. The fourth-order valence-electron chi connectivity index (χ4n) is 1.75. The summed E-state index contributed by atoms with van der Waals surface area (Å²) in [5.74, 6) is -0.516. The number of ether oxygens (including phenoxy) is 1. The molecule has 3 amide bonds. The Morgan fingerprint density at radius 1 is 1.26 bits per heavy atom. The number of nitrogens with zero attached hydrogens (tertiary/aromatic N) is 2. The van der Waals surface area contributed by atoms with Crippen molar-refractivity contribution >= 4 is 17.9 Å². The van der Waals surface area contributed by atoms with Crippen LogP contribution in [0.5, 0.6) is 0 Å². The smallest absolute Gasteiger partial charge is 0.413 e. The highest BCUT2D eigenvalue weighted by Gasteiger charge is 2.19. The monoisotopic (exact) mass is 272 g/mol. The number of alkyl carbamates (subject to hydrolysis) is 1. The fourth-order valence-corrected chi connectivity index (χ4v) is 1.75. The van der Waals surface area contributed by atoms with E-state index in [0.29, 0.717) is 13.1 Å². The Labute approximate surface area is 112 Å². The predicted molar refractivity (Wildman–Crippen MR) is 67.5 cm³/mol. The van der Waals surface area contributed by atoms with Gasteiger partial charge >= 0.3 is 6.09 Å². The minimum Gasteiger partial charge on any atom is -0.453 e. The molecular weight excluding hydrogens is 252 g/mol. The van der Waals surface area contributed by atoms with Gasteiger partial charge in [0.25, 0.3) is 0 Å². The molecule has 1 fully saturated rings. The average molecular weight is 272 g/mol. The van der Waals surface area contributed by atoms with E-state index >= 15 is 0 Å². The van der Waals surface area contributed by atoms with Crippen LogP contribution in [0.3, 0.4) is 0 Å². The normalized spacial score (nSPS) is 15.2. The first-order valence-electron chi connectivity index (χ1n) is 6.07. The van der Waals surface area contributed by atoms with E-state index < -0.39 is 12.0 Å². The lowest BCUT2D eigenvalue weighted by molar-refractivity contribution is -0.133. The zero-order valence-corrected chi connectivity index (χ0v) is 11.3. The highest BCUT2D eigenvalue weighted by molar-refractivity contribution is 5.93. The molecule has 0 unspecified atom stereocenters. The summed E-state index contributed by atoms with van der Waals surface area (Å²) in [7, 11) is 2.83. The van der Waals surface area contributed by atoms with Gasteiger partial charge in [-0.15, -0.1) is 0 Å². The number of amides is 3. The first-order valence-corrected chi connectivity index (χ1v) is 6.07. The van der Waals surface area contributed by atoms with Crippen molar-refractivity contribution in [3.63, 3.8) is 0 Å². The molecule has 0 saturated carbocycles. The predicted octanol–water partition coefficient (Wildman–Crippen LogP) is -1.77. The number of methoxy groups -OCH3 is 1. The van der Waals surface area contributed by atoms with E-state index in [-0.39, 0.29) is 19.0 Å². The summed E-state index contributed by atoms with van der Waals surface area (Å²) in [6, 6.07) is 0. The van der Waals surface area contributed by atoms with E-state index in [9.17, 15) is 14.4 Å². The van der Waals surface area contributed by atoms with Crippen LogP contribution in [-0.2, 0) is 14.3 Å². The lowest BCUT2D eigenvalue weighted by atomic mass is 10.3. The average Bonchev–Trinajstić information content (AvgIpc) is 2.39. The van der Waals surface area contributed by atoms with Crippen LogP contribution in [0.1, 0.15) is 0 Å². The highest BCUT2D eigenvalue weighted by atomic mass is 16.5. The van der Waals surface area contributed by atoms with Crippen LogP contribution < -0.4 is 10.6 Å². The number of piperazine rings is 1. The topological polar surface area (TPSA) is 91.0 Å². The third-order valence-corrected chi connectivity index (χ3v) is 2.72. The van der Waals surface area contributed by atoms with Gasteiger partial charge in [0.15, 0.2) is 0 Å². The van der Waals surface area contributed by atoms with Gasteiger partial charge in [0.05, 0.1) is 20.2 Å². The Balaban J connectivity index is 2.29. The summed E-state index contributed by atoms with van der Waals surface area (Å²) < 4.78 is 4.31. The molecule has 1 aliphatic heterocycles. The van der Waals surface area contributed by atoms with Gasteiger partial charge in [0.1, 0.15) is 0 Å². The quantitative estimate of drug-likeness (QED) is 0.629. The summed E-state index contributed by atoms with van der Waals surface area (Å²) in [5.41, 5.74) is 0. The van der Waals surface area contributed by atoms with Crippen molar-refractivity contribution in [1.29, 1.82) is 0 Å². The molecule has 0 aromatic heterocycles.